The normalized spacial score (nSPS) is 29.1. The monoisotopic (exact) mass is 113 g/mol. The summed E-state index contributed by atoms with van der Waals surface area (Å²) in [7, 11) is 1.91. The van der Waals surface area contributed by atoms with Crippen LogP contribution in [0.4, 0.5) is 0 Å². The first-order valence-electron chi connectivity index (χ1n) is 3.02. The Morgan fingerprint density at radius 1 is 1.75 bits per heavy atom. The molecule has 0 bridgehead atoms. The minimum absolute atomic E-state index is 0.407. The summed E-state index contributed by atoms with van der Waals surface area (Å²) in [5.74, 6) is 0.407. The van der Waals surface area contributed by atoms with Crippen LogP contribution >= 0.6 is 0 Å². The van der Waals surface area contributed by atoms with Gasteiger partial charge in [-0.2, -0.15) is 0 Å². The molecule has 2 heteroatoms. The van der Waals surface area contributed by atoms with Crippen LogP contribution in [0.25, 0.3) is 0 Å². The van der Waals surface area contributed by atoms with Crippen molar-refractivity contribution in [1.82, 2.24) is 5.32 Å². The van der Waals surface area contributed by atoms with Crippen molar-refractivity contribution in [2.24, 2.45) is 0 Å². The molecule has 0 aromatic heterocycles. The molecule has 1 unspecified atom stereocenters. The van der Waals surface area contributed by atoms with Crippen molar-refractivity contribution in [1.29, 1.82) is 0 Å². The topological polar surface area (TPSA) is 29.1 Å². The number of ketones is 1. The highest BCUT2D eigenvalue weighted by Gasteiger charge is 2.19. The van der Waals surface area contributed by atoms with Crippen LogP contribution in [0, 0.1) is 0 Å². The van der Waals surface area contributed by atoms with Gasteiger partial charge < -0.3 is 5.32 Å². The van der Waals surface area contributed by atoms with Crippen LogP contribution in [-0.2, 0) is 4.79 Å². The Morgan fingerprint density at radius 2 is 2.50 bits per heavy atom. The standard InChI is InChI=1S/C6H11NO/c1-7-5-2-3-6(8)4-5/h5,7H,2-4H2,1H3. The zero-order chi connectivity index (χ0) is 5.98. The van der Waals surface area contributed by atoms with Crippen LogP contribution < -0.4 is 5.32 Å². The minimum atomic E-state index is 0.407. The van der Waals surface area contributed by atoms with Gasteiger partial charge in [0.2, 0.25) is 0 Å². The molecular formula is C6H11NO. The van der Waals surface area contributed by atoms with Crippen LogP contribution in [0.2, 0.25) is 0 Å². The van der Waals surface area contributed by atoms with E-state index in [-0.39, 0.29) is 0 Å². The third-order valence-corrected chi connectivity index (χ3v) is 1.65. The van der Waals surface area contributed by atoms with E-state index in [9.17, 15) is 4.79 Å². The SMILES string of the molecule is CNC1CCC(=O)C1. The predicted molar refractivity (Wildman–Crippen MR) is 31.7 cm³/mol. The van der Waals surface area contributed by atoms with Gasteiger partial charge in [-0.3, -0.25) is 4.79 Å². The molecule has 1 fully saturated rings. The predicted octanol–water partition coefficient (Wildman–Crippen LogP) is 0.327. The lowest BCUT2D eigenvalue weighted by molar-refractivity contribution is -0.117. The summed E-state index contributed by atoms with van der Waals surface area (Å²) in [5.41, 5.74) is 0. The Labute approximate surface area is 49.3 Å². The zero-order valence-electron chi connectivity index (χ0n) is 5.11. The van der Waals surface area contributed by atoms with E-state index >= 15 is 0 Å². The molecule has 0 aromatic carbocycles. The fourth-order valence-electron chi connectivity index (χ4n) is 1.06. The second-order valence-electron chi connectivity index (χ2n) is 2.27. The highest BCUT2D eigenvalue weighted by molar-refractivity contribution is 5.81. The number of Topliss-reactive ketones (excluding diaryl/α,β-unsaturated/α-hetero) is 1. The summed E-state index contributed by atoms with van der Waals surface area (Å²) in [4.78, 5) is 10.6. The summed E-state index contributed by atoms with van der Waals surface area (Å²) < 4.78 is 0. The highest BCUT2D eigenvalue weighted by Crippen LogP contribution is 2.12. The van der Waals surface area contributed by atoms with Crippen LogP contribution in [0.3, 0.4) is 0 Å². The summed E-state index contributed by atoms with van der Waals surface area (Å²) in [5, 5.41) is 3.07. The van der Waals surface area contributed by atoms with Crippen molar-refractivity contribution in [2.45, 2.75) is 25.3 Å². The van der Waals surface area contributed by atoms with Gasteiger partial charge in [0.1, 0.15) is 5.78 Å². The van der Waals surface area contributed by atoms with Crippen molar-refractivity contribution < 1.29 is 4.79 Å². The van der Waals surface area contributed by atoms with Crippen LogP contribution in [0.5, 0.6) is 0 Å². The summed E-state index contributed by atoms with van der Waals surface area (Å²) in [6.07, 6.45) is 2.57. The van der Waals surface area contributed by atoms with E-state index in [4.69, 9.17) is 0 Å². The Hall–Kier alpha value is -0.370. The van der Waals surface area contributed by atoms with Gasteiger partial charge in [0, 0.05) is 18.9 Å². The second kappa shape index (κ2) is 2.27. The molecule has 0 aromatic rings. The van der Waals surface area contributed by atoms with Gasteiger partial charge in [0.05, 0.1) is 0 Å². The molecule has 1 aliphatic carbocycles. The molecule has 2 nitrogen and oxygen atoms in total. The molecule has 0 spiro atoms. The van der Waals surface area contributed by atoms with Crippen LogP contribution in [0.15, 0.2) is 0 Å². The third-order valence-electron chi connectivity index (χ3n) is 1.65. The molecule has 8 heavy (non-hydrogen) atoms. The number of carbonyl (C=O) groups is 1. The van der Waals surface area contributed by atoms with Crippen molar-refractivity contribution >= 4 is 5.78 Å². The molecule has 1 N–H and O–H groups in total. The maximum Gasteiger partial charge on any atom is 0.134 e. The van der Waals surface area contributed by atoms with Gasteiger partial charge in [0.25, 0.3) is 0 Å². The number of nitrogens with one attached hydrogen (secondary N) is 1. The third kappa shape index (κ3) is 1.07. The number of rotatable bonds is 1. The molecule has 0 amide bonds. The Bertz CT molecular complexity index is 101. The van der Waals surface area contributed by atoms with E-state index < -0.39 is 0 Å². The van der Waals surface area contributed by atoms with Gasteiger partial charge in [-0.15, -0.1) is 0 Å². The van der Waals surface area contributed by atoms with Crippen LogP contribution in [-0.4, -0.2) is 18.9 Å². The lowest BCUT2D eigenvalue weighted by Gasteiger charge is -2.02. The molecule has 1 aliphatic rings. The van der Waals surface area contributed by atoms with E-state index in [2.05, 4.69) is 5.32 Å². The van der Waals surface area contributed by atoms with E-state index in [0.717, 1.165) is 19.3 Å². The molecule has 0 saturated heterocycles. The maximum absolute atomic E-state index is 10.6. The fraction of sp³-hybridized carbons (Fsp3) is 0.833. The largest absolute Gasteiger partial charge is 0.317 e. The van der Waals surface area contributed by atoms with E-state index in [1.165, 1.54) is 0 Å². The van der Waals surface area contributed by atoms with Gasteiger partial charge in [-0.25, -0.2) is 0 Å². The smallest absolute Gasteiger partial charge is 0.134 e. The first kappa shape index (κ1) is 5.76. The molecule has 46 valence electrons. The Kier molecular flexibility index (Phi) is 1.63. The molecule has 1 rings (SSSR count). The van der Waals surface area contributed by atoms with E-state index in [0.29, 0.717) is 11.8 Å². The van der Waals surface area contributed by atoms with Gasteiger partial charge in [-0.05, 0) is 13.5 Å². The summed E-state index contributed by atoms with van der Waals surface area (Å²) >= 11 is 0. The maximum atomic E-state index is 10.6. The van der Waals surface area contributed by atoms with Gasteiger partial charge in [-0.1, -0.05) is 0 Å². The first-order chi connectivity index (χ1) is 3.83. The first-order valence-corrected chi connectivity index (χ1v) is 3.02. The number of hydrogen-bond acceptors (Lipinski definition) is 2. The lowest BCUT2D eigenvalue weighted by atomic mass is 10.3. The number of carbonyl (C=O) groups excluding carboxylic acids is 1. The summed E-state index contributed by atoms with van der Waals surface area (Å²) in [6.45, 7) is 0. The quantitative estimate of drug-likeness (QED) is 0.531. The van der Waals surface area contributed by atoms with Crippen molar-refractivity contribution in [3.63, 3.8) is 0 Å². The van der Waals surface area contributed by atoms with E-state index in [1.54, 1.807) is 0 Å². The second-order valence-corrected chi connectivity index (χ2v) is 2.27. The van der Waals surface area contributed by atoms with Crippen molar-refractivity contribution in [3.8, 4) is 0 Å². The Morgan fingerprint density at radius 3 is 2.75 bits per heavy atom. The number of hydrogen-bond donors (Lipinski definition) is 1. The molecule has 0 aliphatic heterocycles. The van der Waals surface area contributed by atoms with Gasteiger partial charge >= 0.3 is 0 Å². The lowest BCUT2D eigenvalue weighted by Crippen LogP contribution is -2.21. The highest BCUT2D eigenvalue weighted by atomic mass is 16.1. The minimum Gasteiger partial charge on any atom is -0.317 e. The van der Waals surface area contributed by atoms with Gasteiger partial charge in [0.15, 0.2) is 0 Å². The molecule has 0 heterocycles. The average Bonchev–Trinajstić information content (AvgIpc) is 2.14. The molecule has 1 saturated carbocycles. The average molecular weight is 113 g/mol. The zero-order valence-corrected chi connectivity index (χ0v) is 5.11. The molecular weight excluding hydrogens is 102 g/mol. The van der Waals surface area contributed by atoms with Crippen molar-refractivity contribution in [3.05, 3.63) is 0 Å². The molecule has 0 radical (unpaired) electrons. The van der Waals surface area contributed by atoms with E-state index in [1.807, 2.05) is 7.05 Å². The van der Waals surface area contributed by atoms with Crippen LogP contribution in [0.1, 0.15) is 19.3 Å². The molecule has 1 atom stereocenters. The van der Waals surface area contributed by atoms with Crippen molar-refractivity contribution in [2.75, 3.05) is 7.05 Å². The summed E-state index contributed by atoms with van der Waals surface area (Å²) in [6, 6.07) is 0.475. The fourth-order valence-corrected chi connectivity index (χ4v) is 1.06. The Balaban J connectivity index is 2.32.